The molecule has 0 aromatic carbocycles. The Hall–Kier alpha value is -1.32. The summed E-state index contributed by atoms with van der Waals surface area (Å²) >= 11 is 0. The number of nitrogens with one attached hydrogen (secondary N) is 1. The van der Waals surface area contributed by atoms with Gasteiger partial charge in [-0.2, -0.15) is 0 Å². The van der Waals surface area contributed by atoms with Gasteiger partial charge in [-0.1, -0.05) is 27.7 Å². The van der Waals surface area contributed by atoms with Crippen LogP contribution in [0.25, 0.3) is 0 Å². The summed E-state index contributed by atoms with van der Waals surface area (Å²) in [6.07, 6.45) is 5.39. The molecule has 0 bridgehead atoms. The second-order valence-corrected chi connectivity index (χ2v) is 6.59. The van der Waals surface area contributed by atoms with Crippen LogP contribution in [0.3, 0.4) is 0 Å². The fraction of sp³-hybridized carbons (Fsp3) is 0.765. The van der Waals surface area contributed by atoms with E-state index in [0.717, 1.165) is 37.1 Å². The van der Waals surface area contributed by atoms with Crippen LogP contribution in [-0.4, -0.2) is 29.1 Å². The average Bonchev–Trinajstić information content (AvgIpc) is 2.47. The van der Waals surface area contributed by atoms with Gasteiger partial charge >= 0.3 is 0 Å². The minimum absolute atomic E-state index is 0.421. The van der Waals surface area contributed by atoms with Crippen molar-refractivity contribution >= 4 is 11.6 Å². The summed E-state index contributed by atoms with van der Waals surface area (Å²) in [6, 6.07) is 0.546. The Morgan fingerprint density at radius 1 is 1.33 bits per heavy atom. The summed E-state index contributed by atoms with van der Waals surface area (Å²) in [7, 11) is 0. The van der Waals surface area contributed by atoms with Gasteiger partial charge in [0.25, 0.3) is 0 Å². The van der Waals surface area contributed by atoms with Crippen molar-refractivity contribution in [2.75, 3.05) is 23.3 Å². The van der Waals surface area contributed by atoms with E-state index in [1.54, 1.807) is 6.33 Å². The summed E-state index contributed by atoms with van der Waals surface area (Å²) in [5, 5.41) is 3.47. The highest BCUT2D eigenvalue weighted by atomic mass is 15.2. The van der Waals surface area contributed by atoms with Crippen LogP contribution in [0.1, 0.15) is 65.4 Å². The maximum Gasteiger partial charge on any atom is 0.137 e. The zero-order chi connectivity index (χ0) is 15.4. The molecule has 1 aliphatic rings. The summed E-state index contributed by atoms with van der Waals surface area (Å²) in [6.45, 7) is 13.4. The van der Waals surface area contributed by atoms with Gasteiger partial charge in [0.05, 0.1) is 0 Å². The first-order chi connectivity index (χ1) is 10.1. The topological polar surface area (TPSA) is 41.1 Å². The minimum atomic E-state index is 0.421. The van der Waals surface area contributed by atoms with E-state index in [0.29, 0.717) is 12.0 Å². The lowest BCUT2D eigenvalue weighted by atomic mass is 9.91. The van der Waals surface area contributed by atoms with Crippen LogP contribution in [0.2, 0.25) is 0 Å². The maximum atomic E-state index is 4.65. The monoisotopic (exact) mass is 290 g/mol. The van der Waals surface area contributed by atoms with Crippen LogP contribution in [0.15, 0.2) is 6.33 Å². The molecule has 1 aromatic heterocycles. The van der Waals surface area contributed by atoms with Crippen LogP contribution in [0, 0.1) is 5.92 Å². The molecule has 1 aromatic rings. The lowest BCUT2D eigenvalue weighted by Crippen LogP contribution is -2.43. The molecule has 21 heavy (non-hydrogen) atoms. The Bertz CT molecular complexity index is 458. The van der Waals surface area contributed by atoms with Gasteiger partial charge in [0.2, 0.25) is 0 Å². The van der Waals surface area contributed by atoms with E-state index in [2.05, 4.69) is 54.8 Å². The van der Waals surface area contributed by atoms with Crippen molar-refractivity contribution in [1.29, 1.82) is 0 Å². The summed E-state index contributed by atoms with van der Waals surface area (Å²) in [4.78, 5) is 11.6. The normalized spacial score (nSPS) is 22.7. The second-order valence-electron chi connectivity index (χ2n) is 6.59. The molecule has 0 saturated carbocycles. The van der Waals surface area contributed by atoms with Crippen LogP contribution in [-0.2, 0) is 0 Å². The highest BCUT2D eigenvalue weighted by Crippen LogP contribution is 2.35. The Balaban J connectivity index is 2.37. The third kappa shape index (κ3) is 3.47. The molecule has 4 heteroatoms. The van der Waals surface area contributed by atoms with E-state index in [9.17, 15) is 0 Å². The predicted molar refractivity (Wildman–Crippen MR) is 90.1 cm³/mol. The average molecular weight is 290 g/mol. The molecule has 2 atom stereocenters. The molecule has 2 rings (SSSR count). The molecule has 0 amide bonds. The lowest BCUT2D eigenvalue weighted by Gasteiger charge is -2.40. The Morgan fingerprint density at radius 2 is 2.10 bits per heavy atom. The molecule has 0 aliphatic carbocycles. The number of anilines is 2. The zero-order valence-electron chi connectivity index (χ0n) is 14.2. The van der Waals surface area contributed by atoms with Crippen molar-refractivity contribution in [1.82, 2.24) is 9.97 Å². The smallest absolute Gasteiger partial charge is 0.137 e. The van der Waals surface area contributed by atoms with Crippen LogP contribution in [0.5, 0.6) is 0 Å². The summed E-state index contributed by atoms with van der Waals surface area (Å²) in [5.74, 6) is 3.30. The van der Waals surface area contributed by atoms with Crippen molar-refractivity contribution < 1.29 is 0 Å². The van der Waals surface area contributed by atoms with Crippen LogP contribution < -0.4 is 10.2 Å². The van der Waals surface area contributed by atoms with Crippen LogP contribution >= 0.6 is 0 Å². The molecule has 1 saturated heterocycles. The molecule has 1 aliphatic heterocycles. The van der Waals surface area contributed by atoms with Crippen molar-refractivity contribution in [3.63, 3.8) is 0 Å². The largest absolute Gasteiger partial charge is 0.370 e. The van der Waals surface area contributed by atoms with Gasteiger partial charge in [-0.15, -0.1) is 0 Å². The second kappa shape index (κ2) is 7.10. The van der Waals surface area contributed by atoms with Gasteiger partial charge in [0.15, 0.2) is 0 Å². The minimum Gasteiger partial charge on any atom is -0.370 e. The Kier molecular flexibility index (Phi) is 5.43. The van der Waals surface area contributed by atoms with Gasteiger partial charge < -0.3 is 10.2 Å². The van der Waals surface area contributed by atoms with Crippen molar-refractivity contribution in [3.8, 4) is 0 Å². The first-order valence-corrected chi connectivity index (χ1v) is 8.41. The molecule has 1 N–H and O–H groups in total. The fourth-order valence-electron chi connectivity index (χ4n) is 3.17. The molecule has 4 nitrogen and oxygen atoms in total. The molecule has 1 fully saturated rings. The van der Waals surface area contributed by atoms with E-state index in [1.807, 2.05) is 0 Å². The summed E-state index contributed by atoms with van der Waals surface area (Å²) in [5.41, 5.74) is 1.27. The zero-order valence-corrected chi connectivity index (χ0v) is 14.2. The van der Waals surface area contributed by atoms with E-state index in [4.69, 9.17) is 0 Å². The van der Waals surface area contributed by atoms with Gasteiger partial charge in [0.1, 0.15) is 18.0 Å². The highest BCUT2D eigenvalue weighted by Gasteiger charge is 2.29. The van der Waals surface area contributed by atoms with Crippen LogP contribution in [0.4, 0.5) is 11.6 Å². The molecule has 0 spiro atoms. The maximum absolute atomic E-state index is 4.65. The van der Waals surface area contributed by atoms with Gasteiger partial charge in [-0.05, 0) is 38.0 Å². The molecule has 118 valence electrons. The van der Waals surface area contributed by atoms with E-state index in [-0.39, 0.29) is 0 Å². The van der Waals surface area contributed by atoms with Crippen molar-refractivity contribution in [2.45, 2.75) is 65.8 Å². The number of hydrogen-bond donors (Lipinski definition) is 1. The van der Waals surface area contributed by atoms with Gasteiger partial charge in [-0.25, -0.2) is 9.97 Å². The standard InChI is InChI=1S/C17H30N4/c1-6-9-18-16-15(12(2)3)17(20-11-19-16)21-10-7-8-13(4)14(21)5/h11-14H,6-10H2,1-5H3,(H,18,19,20). The Labute approximate surface area is 129 Å². The third-order valence-electron chi connectivity index (χ3n) is 4.63. The first kappa shape index (κ1) is 16.1. The van der Waals surface area contributed by atoms with Gasteiger partial charge in [-0.3, -0.25) is 0 Å². The quantitative estimate of drug-likeness (QED) is 0.888. The lowest BCUT2D eigenvalue weighted by molar-refractivity contribution is 0.360. The third-order valence-corrected chi connectivity index (χ3v) is 4.63. The molecular formula is C17H30N4. The number of nitrogens with zero attached hydrogens (tertiary/aromatic N) is 3. The molecule has 0 radical (unpaired) electrons. The highest BCUT2D eigenvalue weighted by molar-refractivity contribution is 5.61. The number of piperidine rings is 1. The fourth-order valence-corrected chi connectivity index (χ4v) is 3.17. The van der Waals surface area contributed by atoms with Crippen molar-refractivity contribution in [3.05, 3.63) is 11.9 Å². The van der Waals surface area contributed by atoms with Crippen molar-refractivity contribution in [2.24, 2.45) is 5.92 Å². The van der Waals surface area contributed by atoms with Gasteiger partial charge in [0, 0.05) is 24.7 Å². The van der Waals surface area contributed by atoms with E-state index < -0.39 is 0 Å². The SMILES string of the molecule is CCCNc1ncnc(N2CCCC(C)C2C)c1C(C)C. The Morgan fingerprint density at radius 3 is 2.76 bits per heavy atom. The van der Waals surface area contributed by atoms with E-state index in [1.165, 1.54) is 18.4 Å². The number of aromatic nitrogens is 2. The predicted octanol–water partition coefficient (Wildman–Crippen LogP) is 4.05. The number of hydrogen-bond acceptors (Lipinski definition) is 4. The van der Waals surface area contributed by atoms with E-state index >= 15 is 0 Å². The first-order valence-electron chi connectivity index (χ1n) is 8.41. The molecule has 2 unspecified atom stereocenters. The summed E-state index contributed by atoms with van der Waals surface area (Å²) < 4.78 is 0. The molecule has 2 heterocycles. The molecular weight excluding hydrogens is 260 g/mol. The number of rotatable bonds is 5.